The quantitative estimate of drug-likeness (QED) is 0.0455. The van der Waals surface area contributed by atoms with Crippen molar-refractivity contribution < 1.29 is 155 Å². The summed E-state index contributed by atoms with van der Waals surface area (Å²) >= 11 is 0. The number of nitrogens with zero attached hydrogens (tertiary/aromatic N) is 2. The molecule has 2 aromatic rings. The van der Waals surface area contributed by atoms with Crippen molar-refractivity contribution in [3.63, 3.8) is 0 Å². The minimum absolute atomic E-state index is 0. The second kappa shape index (κ2) is 22.9. The van der Waals surface area contributed by atoms with Gasteiger partial charge in [0.15, 0.2) is 12.3 Å². The van der Waals surface area contributed by atoms with Crippen molar-refractivity contribution in [3.05, 3.63) is 95.3 Å². The Morgan fingerprint density at radius 2 is 1.26 bits per heavy atom. The molecule has 0 aromatic heterocycles. The molecule has 318 valence electrons. The van der Waals surface area contributed by atoms with E-state index < -0.39 is 78.6 Å². The molecule has 0 radical (unpaired) electrons. The van der Waals surface area contributed by atoms with E-state index in [1.165, 1.54) is 24.3 Å². The molecule has 61 heavy (non-hydrogen) atoms. The third-order valence-corrected chi connectivity index (χ3v) is 13.2. The van der Waals surface area contributed by atoms with Crippen molar-refractivity contribution in [2.24, 2.45) is 0 Å². The van der Waals surface area contributed by atoms with Gasteiger partial charge in [-0.05, 0) is 80.7 Å². The van der Waals surface area contributed by atoms with E-state index in [1.54, 1.807) is 73.6 Å². The summed E-state index contributed by atoms with van der Waals surface area (Å²) in [6.45, 7) is 6.52. The molecule has 2 heterocycles. The van der Waals surface area contributed by atoms with Crippen LogP contribution in [-0.4, -0.2) is 97.8 Å². The number of aliphatic carboxylic acids is 1. The molecule has 2 aliphatic heterocycles. The number of benzene rings is 2. The molecular formula is C38H45N2Na3O14S4. The van der Waals surface area contributed by atoms with E-state index >= 15 is 0 Å². The molecule has 23 heteroatoms. The first-order chi connectivity index (χ1) is 26.6. The molecule has 0 saturated heterocycles. The molecule has 4 rings (SSSR count). The minimum Gasteiger partial charge on any atom is -0.748 e. The second-order valence-electron chi connectivity index (χ2n) is 15.0. The predicted molar refractivity (Wildman–Crippen MR) is 211 cm³/mol. The first-order valence-corrected chi connectivity index (χ1v) is 24.1. The Hall–Kier alpha value is -1.02. The number of hydrogen-bond acceptors (Lipinski definition) is 14. The van der Waals surface area contributed by atoms with Crippen LogP contribution in [0.2, 0.25) is 0 Å². The monoisotopic (exact) mass is 950 g/mol. The smallest absolute Gasteiger partial charge is 0.748 e. The van der Waals surface area contributed by atoms with E-state index in [4.69, 9.17) is 5.11 Å². The number of carboxylic acid groups (broad SMARTS) is 1. The number of rotatable bonds is 19. The van der Waals surface area contributed by atoms with Crippen LogP contribution in [0.3, 0.4) is 0 Å². The van der Waals surface area contributed by atoms with Gasteiger partial charge in [0.1, 0.15) is 30.4 Å². The van der Waals surface area contributed by atoms with Crippen molar-refractivity contribution >= 4 is 63.5 Å². The maximum Gasteiger partial charge on any atom is 1.00 e. The van der Waals surface area contributed by atoms with Gasteiger partial charge < -0.3 is 28.2 Å². The summed E-state index contributed by atoms with van der Waals surface area (Å²) in [7, 11) is -19.0. The average molecular weight is 951 g/mol. The van der Waals surface area contributed by atoms with Gasteiger partial charge >= 0.3 is 94.6 Å². The van der Waals surface area contributed by atoms with Gasteiger partial charge in [-0.3, -0.25) is 4.79 Å². The molecule has 2 aliphatic rings. The molecule has 0 spiro atoms. The van der Waals surface area contributed by atoms with Crippen LogP contribution in [0.5, 0.6) is 0 Å². The Morgan fingerprint density at radius 1 is 0.721 bits per heavy atom. The number of hydrogen-bond donors (Lipinski definition) is 1. The van der Waals surface area contributed by atoms with Gasteiger partial charge in [-0.25, -0.2) is 33.7 Å². The molecule has 0 amide bonds. The summed E-state index contributed by atoms with van der Waals surface area (Å²) in [6, 6.07) is 7.48. The number of anilines is 1. The Labute approximate surface area is 425 Å². The number of unbranched alkanes of at least 4 members (excludes halogenated alkanes) is 3. The molecule has 0 atom stereocenters. The SMILES string of the molecule is CC1(C)C(/C=C/C=C(/C=C/C=C2/N(CCS(=O)(=O)[O-])c3ccc(S(=O)(=O)[O-])cc3C2(C)C)CCCCCCC(=O)O)=[N+](CCS(=O)(=O)[O-])c2ccc(S(=O)(=O)[O-])cc21.[Na+].[Na+].[Na+]. The zero-order valence-corrected chi connectivity index (χ0v) is 44.5. The van der Waals surface area contributed by atoms with Gasteiger partial charge in [0, 0.05) is 47.5 Å². The Bertz CT molecular complexity index is 2570. The minimum atomic E-state index is -4.82. The van der Waals surface area contributed by atoms with Crippen LogP contribution in [-0.2, 0) is 56.1 Å². The maximum absolute atomic E-state index is 11.9. The largest absolute Gasteiger partial charge is 1.00 e. The van der Waals surface area contributed by atoms with Crippen molar-refractivity contribution in [2.75, 3.05) is 29.5 Å². The Balaban J connectivity index is 0.00000620. The molecule has 0 bridgehead atoms. The fourth-order valence-corrected chi connectivity index (χ4v) is 9.02. The van der Waals surface area contributed by atoms with Crippen LogP contribution in [0, 0.1) is 0 Å². The molecule has 0 aliphatic carbocycles. The molecule has 2 aromatic carbocycles. The summed E-state index contributed by atoms with van der Waals surface area (Å²) in [6.07, 6.45) is 13.4. The van der Waals surface area contributed by atoms with Crippen molar-refractivity contribution in [2.45, 2.75) is 86.8 Å². The fourth-order valence-electron chi connectivity index (χ4n) is 7.21. The van der Waals surface area contributed by atoms with Gasteiger partial charge in [-0.1, -0.05) is 51.0 Å². The van der Waals surface area contributed by atoms with Crippen LogP contribution in [0.1, 0.15) is 77.3 Å². The first-order valence-electron chi connectivity index (χ1n) is 18.1. The standard InChI is InChI=1S/C38H48N2O14S4.3Na/c1-37(2)30-25-28(57(49,50)51)17-19-32(30)39(21-23-55(43,44)45)34(37)14-9-12-27(11-7-5-6-8-16-36(41)42)13-10-15-35-38(3,4)31-26-29(58(52,53)54)18-20-33(31)40(35)22-24-56(46,47)48;;;/h9-10,12-15,17-20,25-26H,5-8,11,16,21-24H2,1-4H3,(H4-,41,42,43,44,45,46,47,48,49,50,51,52,53,54);;;/q;3*+1/p-3. The van der Waals surface area contributed by atoms with E-state index in [-0.39, 0.29) is 108 Å². The van der Waals surface area contributed by atoms with E-state index in [1.807, 2.05) is 0 Å². The zero-order chi connectivity index (χ0) is 43.5. The fraction of sp³-hybridized carbons (Fsp3) is 0.421. The number of fused-ring (bicyclic) bond motifs is 2. The molecule has 0 unspecified atom stereocenters. The van der Waals surface area contributed by atoms with Gasteiger partial charge in [-0.2, -0.15) is 4.58 Å². The normalized spacial score (nSPS) is 17.0. The summed E-state index contributed by atoms with van der Waals surface area (Å²) in [5, 5.41) is 8.99. The summed E-state index contributed by atoms with van der Waals surface area (Å²) < 4.78 is 143. The third-order valence-electron chi connectivity index (χ3n) is 10.2. The molecular weight excluding hydrogens is 906 g/mol. The van der Waals surface area contributed by atoms with E-state index in [0.29, 0.717) is 66.0 Å². The Morgan fingerprint density at radius 3 is 1.80 bits per heavy atom. The van der Waals surface area contributed by atoms with Gasteiger partial charge in [-0.15, -0.1) is 0 Å². The zero-order valence-electron chi connectivity index (χ0n) is 35.3. The average Bonchev–Trinajstić information content (AvgIpc) is 3.43. The van der Waals surface area contributed by atoms with E-state index in [2.05, 4.69) is 0 Å². The van der Waals surface area contributed by atoms with E-state index in [9.17, 15) is 56.7 Å². The number of allylic oxidation sites excluding steroid dienone is 8. The Kier molecular flexibility index (Phi) is 21.8. The first kappa shape index (κ1) is 58.0. The predicted octanol–water partition coefficient (Wildman–Crippen LogP) is -4.88. The van der Waals surface area contributed by atoms with Crippen LogP contribution in [0.15, 0.2) is 93.9 Å². The summed E-state index contributed by atoms with van der Waals surface area (Å²) in [5.41, 5.74) is 1.58. The topological polar surface area (TPSA) is 272 Å². The molecule has 0 fully saturated rings. The van der Waals surface area contributed by atoms with Crippen LogP contribution >= 0.6 is 0 Å². The number of carboxylic acids is 1. The summed E-state index contributed by atoms with van der Waals surface area (Å²) in [4.78, 5) is 11.6. The van der Waals surface area contributed by atoms with Crippen molar-refractivity contribution in [1.82, 2.24) is 0 Å². The van der Waals surface area contributed by atoms with Crippen LogP contribution < -0.4 is 93.6 Å². The molecule has 1 N–H and O–H groups in total. The van der Waals surface area contributed by atoms with Crippen molar-refractivity contribution in [1.29, 1.82) is 0 Å². The van der Waals surface area contributed by atoms with Crippen LogP contribution in [0.25, 0.3) is 0 Å². The van der Waals surface area contributed by atoms with Crippen molar-refractivity contribution in [3.8, 4) is 0 Å². The van der Waals surface area contributed by atoms with Gasteiger partial charge in [0.05, 0.1) is 36.8 Å². The van der Waals surface area contributed by atoms with E-state index in [0.717, 1.165) is 17.7 Å². The second-order valence-corrected chi connectivity index (χ2v) is 20.9. The maximum atomic E-state index is 11.9. The van der Waals surface area contributed by atoms with Gasteiger partial charge in [0.25, 0.3) is 0 Å². The van der Waals surface area contributed by atoms with Crippen LogP contribution in [0.4, 0.5) is 11.4 Å². The summed E-state index contributed by atoms with van der Waals surface area (Å²) in [5.74, 6) is -2.41. The molecule has 0 saturated carbocycles. The molecule has 16 nitrogen and oxygen atoms in total. The third kappa shape index (κ3) is 15.8. The number of carbonyl (C=O) groups is 1. The van der Waals surface area contributed by atoms with Gasteiger partial charge in [0.2, 0.25) is 5.69 Å².